The largest absolute Gasteiger partial charge is 0.317 e. The minimum Gasteiger partial charge on any atom is -0.317 e. The first-order valence-electron chi connectivity index (χ1n) is 5.48. The Morgan fingerprint density at radius 1 is 1.25 bits per heavy atom. The van der Waals surface area contributed by atoms with E-state index in [2.05, 4.69) is 5.32 Å². The molecule has 0 aromatic heterocycles. The molecule has 16 heavy (non-hydrogen) atoms. The van der Waals surface area contributed by atoms with Crippen molar-refractivity contribution in [2.45, 2.75) is 19.3 Å². The monoisotopic (exact) mass is 229 g/mol. The summed E-state index contributed by atoms with van der Waals surface area (Å²) in [6.45, 7) is 3.74. The molecular formula is C12H14F3N. The van der Waals surface area contributed by atoms with Crippen LogP contribution in [-0.2, 0) is 0 Å². The lowest BCUT2D eigenvalue weighted by Gasteiger charge is -2.03. The second kappa shape index (κ2) is 4.45. The van der Waals surface area contributed by atoms with Crippen molar-refractivity contribution in [3.05, 3.63) is 35.1 Å². The van der Waals surface area contributed by atoms with Crippen LogP contribution in [0.15, 0.2) is 12.1 Å². The molecular weight excluding hydrogens is 215 g/mol. The van der Waals surface area contributed by atoms with E-state index in [-0.39, 0.29) is 5.92 Å². The highest BCUT2D eigenvalue weighted by atomic mass is 19.2. The zero-order valence-electron chi connectivity index (χ0n) is 9.06. The van der Waals surface area contributed by atoms with Gasteiger partial charge in [-0.25, -0.2) is 13.2 Å². The van der Waals surface area contributed by atoms with E-state index in [1.54, 1.807) is 0 Å². The molecule has 1 aliphatic rings. The first-order valence-corrected chi connectivity index (χ1v) is 5.48. The minimum atomic E-state index is -1.38. The Labute approximate surface area is 92.7 Å². The van der Waals surface area contributed by atoms with Crippen LogP contribution < -0.4 is 5.32 Å². The fraction of sp³-hybridized carbons (Fsp3) is 0.500. The Morgan fingerprint density at radius 2 is 1.88 bits per heavy atom. The highest BCUT2D eigenvalue weighted by molar-refractivity contribution is 5.28. The van der Waals surface area contributed by atoms with Crippen LogP contribution in [0, 0.1) is 23.4 Å². The average molecular weight is 229 g/mol. The third-order valence-corrected chi connectivity index (χ3v) is 3.01. The fourth-order valence-electron chi connectivity index (χ4n) is 2.00. The van der Waals surface area contributed by atoms with E-state index in [9.17, 15) is 13.2 Å². The molecule has 4 heteroatoms. The van der Waals surface area contributed by atoms with Crippen molar-refractivity contribution in [2.75, 3.05) is 13.1 Å². The van der Waals surface area contributed by atoms with Crippen molar-refractivity contribution in [2.24, 2.45) is 5.92 Å². The van der Waals surface area contributed by atoms with E-state index < -0.39 is 17.5 Å². The standard InChI is InChI=1S/C12H14F3N/c1-2-16-6-8-3-9(8)7-4-10(13)12(15)11(14)5-7/h4-5,8-9,16H,2-3,6H2,1H3. The van der Waals surface area contributed by atoms with Crippen molar-refractivity contribution in [3.8, 4) is 0 Å². The number of rotatable bonds is 4. The van der Waals surface area contributed by atoms with Crippen LogP contribution in [0.4, 0.5) is 13.2 Å². The number of benzene rings is 1. The van der Waals surface area contributed by atoms with Crippen LogP contribution in [0.2, 0.25) is 0 Å². The van der Waals surface area contributed by atoms with Crippen LogP contribution in [0.1, 0.15) is 24.8 Å². The predicted molar refractivity (Wildman–Crippen MR) is 55.7 cm³/mol. The summed E-state index contributed by atoms with van der Waals surface area (Å²) >= 11 is 0. The normalized spacial score (nSPS) is 23.5. The molecule has 0 amide bonds. The van der Waals surface area contributed by atoms with Crippen molar-refractivity contribution < 1.29 is 13.2 Å². The lowest BCUT2D eigenvalue weighted by atomic mass is 10.1. The van der Waals surface area contributed by atoms with Gasteiger partial charge in [-0.1, -0.05) is 6.92 Å². The smallest absolute Gasteiger partial charge is 0.194 e. The molecule has 0 radical (unpaired) electrons. The maximum absolute atomic E-state index is 13.0. The Morgan fingerprint density at radius 3 is 2.44 bits per heavy atom. The lowest BCUT2D eigenvalue weighted by Crippen LogP contribution is -2.16. The van der Waals surface area contributed by atoms with E-state index in [1.165, 1.54) is 0 Å². The molecule has 2 unspecified atom stereocenters. The van der Waals surface area contributed by atoms with Gasteiger partial charge in [-0.15, -0.1) is 0 Å². The van der Waals surface area contributed by atoms with E-state index in [0.717, 1.165) is 31.6 Å². The van der Waals surface area contributed by atoms with Crippen LogP contribution in [0.25, 0.3) is 0 Å². The Kier molecular flexibility index (Phi) is 3.19. The Bertz CT molecular complexity index is 369. The second-order valence-electron chi connectivity index (χ2n) is 4.21. The first kappa shape index (κ1) is 11.5. The van der Waals surface area contributed by atoms with Gasteiger partial charge in [0.2, 0.25) is 0 Å². The molecule has 0 aliphatic heterocycles. The molecule has 1 fully saturated rings. The van der Waals surface area contributed by atoms with Crippen LogP contribution in [0.5, 0.6) is 0 Å². The third kappa shape index (κ3) is 2.21. The van der Waals surface area contributed by atoms with Gasteiger partial charge < -0.3 is 5.32 Å². The molecule has 1 N–H and O–H groups in total. The maximum atomic E-state index is 13.0. The average Bonchev–Trinajstić information content (AvgIpc) is 3.01. The zero-order valence-corrected chi connectivity index (χ0v) is 9.06. The van der Waals surface area contributed by atoms with Crippen LogP contribution in [0.3, 0.4) is 0 Å². The SMILES string of the molecule is CCNCC1CC1c1cc(F)c(F)c(F)c1. The summed E-state index contributed by atoms with van der Waals surface area (Å²) < 4.78 is 38.7. The molecule has 2 atom stereocenters. The number of halogens is 3. The molecule has 1 saturated carbocycles. The van der Waals surface area contributed by atoms with Gasteiger partial charge in [-0.3, -0.25) is 0 Å². The Balaban J connectivity index is 2.07. The second-order valence-corrected chi connectivity index (χ2v) is 4.21. The third-order valence-electron chi connectivity index (χ3n) is 3.01. The summed E-state index contributed by atoms with van der Waals surface area (Å²) in [4.78, 5) is 0. The number of hydrogen-bond acceptors (Lipinski definition) is 1. The number of hydrogen-bond donors (Lipinski definition) is 1. The fourth-order valence-corrected chi connectivity index (χ4v) is 2.00. The summed E-state index contributed by atoms with van der Waals surface area (Å²) in [5.74, 6) is -2.98. The van der Waals surface area contributed by atoms with Gasteiger partial charge >= 0.3 is 0 Å². The summed E-state index contributed by atoms with van der Waals surface area (Å²) in [7, 11) is 0. The minimum absolute atomic E-state index is 0.170. The van der Waals surface area contributed by atoms with Crippen molar-refractivity contribution in [1.29, 1.82) is 0 Å². The molecule has 0 saturated heterocycles. The highest BCUT2D eigenvalue weighted by Gasteiger charge is 2.38. The van der Waals surface area contributed by atoms with Gasteiger partial charge in [0.05, 0.1) is 0 Å². The van der Waals surface area contributed by atoms with E-state index >= 15 is 0 Å². The van der Waals surface area contributed by atoms with Gasteiger partial charge in [-0.05, 0) is 49.0 Å². The van der Waals surface area contributed by atoms with E-state index in [1.807, 2.05) is 6.92 Å². The summed E-state index contributed by atoms with van der Waals surface area (Å²) in [5, 5.41) is 3.19. The molecule has 0 spiro atoms. The van der Waals surface area contributed by atoms with E-state index in [0.29, 0.717) is 11.5 Å². The predicted octanol–water partition coefficient (Wildman–Crippen LogP) is 2.82. The van der Waals surface area contributed by atoms with Crippen molar-refractivity contribution >= 4 is 0 Å². The van der Waals surface area contributed by atoms with E-state index in [4.69, 9.17) is 0 Å². The van der Waals surface area contributed by atoms with Crippen LogP contribution in [-0.4, -0.2) is 13.1 Å². The molecule has 1 aromatic carbocycles. The molecule has 1 nitrogen and oxygen atoms in total. The molecule has 88 valence electrons. The maximum Gasteiger partial charge on any atom is 0.194 e. The van der Waals surface area contributed by atoms with Gasteiger partial charge in [0.15, 0.2) is 17.5 Å². The van der Waals surface area contributed by atoms with Crippen molar-refractivity contribution in [3.63, 3.8) is 0 Å². The van der Waals surface area contributed by atoms with Gasteiger partial charge in [0, 0.05) is 0 Å². The lowest BCUT2D eigenvalue weighted by molar-refractivity contribution is 0.445. The quantitative estimate of drug-likeness (QED) is 0.783. The molecule has 1 aromatic rings. The topological polar surface area (TPSA) is 12.0 Å². The first-order chi connectivity index (χ1) is 7.63. The molecule has 1 aliphatic carbocycles. The zero-order chi connectivity index (χ0) is 11.7. The molecule has 2 rings (SSSR count). The van der Waals surface area contributed by atoms with Gasteiger partial charge in [0.25, 0.3) is 0 Å². The number of nitrogens with one attached hydrogen (secondary N) is 1. The van der Waals surface area contributed by atoms with Gasteiger partial charge in [-0.2, -0.15) is 0 Å². The summed E-state index contributed by atoms with van der Waals surface area (Å²) in [5.41, 5.74) is 0.569. The summed E-state index contributed by atoms with van der Waals surface area (Å²) in [6.07, 6.45) is 0.914. The Hall–Kier alpha value is -1.03. The van der Waals surface area contributed by atoms with Gasteiger partial charge in [0.1, 0.15) is 0 Å². The molecule has 0 bridgehead atoms. The van der Waals surface area contributed by atoms with Crippen molar-refractivity contribution in [1.82, 2.24) is 5.32 Å². The molecule has 0 heterocycles. The highest BCUT2D eigenvalue weighted by Crippen LogP contribution is 2.47. The van der Waals surface area contributed by atoms with Crippen LogP contribution >= 0.6 is 0 Å². The summed E-state index contributed by atoms with van der Waals surface area (Å²) in [6, 6.07) is 2.21.